The Morgan fingerprint density at radius 2 is 1.70 bits per heavy atom. The van der Waals surface area contributed by atoms with Crippen molar-refractivity contribution < 1.29 is 18.9 Å². The third kappa shape index (κ3) is 7.37. The van der Waals surface area contributed by atoms with Gasteiger partial charge in [-0.2, -0.15) is 0 Å². The van der Waals surface area contributed by atoms with Gasteiger partial charge < -0.3 is 29.6 Å². The minimum absolute atomic E-state index is 0. The second-order valence-electron chi connectivity index (χ2n) is 7.48. The van der Waals surface area contributed by atoms with Gasteiger partial charge in [-0.1, -0.05) is 6.42 Å². The minimum Gasteiger partial charge on any atom is -0.496 e. The average Bonchev–Trinajstić information content (AvgIpc) is 2.72. The lowest BCUT2D eigenvalue weighted by atomic mass is 9.67. The van der Waals surface area contributed by atoms with Crippen LogP contribution in [-0.4, -0.2) is 60.6 Å². The Kier molecular flexibility index (Phi) is 12.2. The normalized spacial score (nSPS) is 14.9. The SMILES string of the molecule is CCNC(=NCC1(CCOC)CCC1)NCCc1c(OC)cc(OC)cc1OC.I. The van der Waals surface area contributed by atoms with Crippen LogP contribution in [0.5, 0.6) is 17.2 Å². The predicted octanol–water partition coefficient (Wildman–Crippen LogP) is 3.63. The third-order valence-electron chi connectivity index (χ3n) is 5.65. The summed E-state index contributed by atoms with van der Waals surface area (Å²) in [5.41, 5.74) is 1.32. The summed E-state index contributed by atoms with van der Waals surface area (Å²) in [6.07, 6.45) is 5.58. The highest BCUT2D eigenvalue weighted by Crippen LogP contribution is 2.44. The van der Waals surface area contributed by atoms with Crippen LogP contribution in [-0.2, 0) is 11.2 Å². The molecule has 7 nitrogen and oxygen atoms in total. The van der Waals surface area contributed by atoms with Crippen LogP contribution < -0.4 is 24.8 Å². The Bertz CT molecular complexity index is 641. The van der Waals surface area contributed by atoms with Gasteiger partial charge in [0.25, 0.3) is 0 Å². The molecule has 0 radical (unpaired) electrons. The van der Waals surface area contributed by atoms with Gasteiger partial charge in [-0.15, -0.1) is 24.0 Å². The van der Waals surface area contributed by atoms with E-state index in [1.165, 1.54) is 19.3 Å². The molecule has 1 aliphatic carbocycles. The van der Waals surface area contributed by atoms with Gasteiger partial charge >= 0.3 is 0 Å². The second kappa shape index (κ2) is 13.8. The van der Waals surface area contributed by atoms with E-state index in [4.69, 9.17) is 23.9 Å². The number of aliphatic imine (C=N–C) groups is 1. The first-order valence-corrected chi connectivity index (χ1v) is 10.4. The molecule has 0 unspecified atom stereocenters. The molecule has 30 heavy (non-hydrogen) atoms. The maximum Gasteiger partial charge on any atom is 0.191 e. The number of rotatable bonds is 12. The van der Waals surface area contributed by atoms with E-state index in [-0.39, 0.29) is 24.0 Å². The van der Waals surface area contributed by atoms with Crippen LogP contribution in [0, 0.1) is 5.41 Å². The standard InChI is InChI=1S/C22H37N3O4.HI/c1-6-23-21(25-16-22(9-7-10-22)11-13-26-2)24-12-8-18-19(28-4)14-17(27-3)15-20(18)29-5;/h14-15H,6-13,16H2,1-5H3,(H2,23,24,25);1H. The first-order chi connectivity index (χ1) is 14.1. The summed E-state index contributed by atoms with van der Waals surface area (Å²) in [7, 11) is 6.72. The van der Waals surface area contributed by atoms with Crippen molar-refractivity contribution >= 4 is 29.9 Å². The van der Waals surface area contributed by atoms with E-state index in [1.807, 2.05) is 12.1 Å². The quantitative estimate of drug-likeness (QED) is 0.242. The van der Waals surface area contributed by atoms with E-state index in [2.05, 4.69) is 17.6 Å². The third-order valence-corrected chi connectivity index (χ3v) is 5.65. The van der Waals surface area contributed by atoms with Crippen molar-refractivity contribution in [1.29, 1.82) is 0 Å². The smallest absolute Gasteiger partial charge is 0.191 e. The second-order valence-corrected chi connectivity index (χ2v) is 7.48. The van der Waals surface area contributed by atoms with Gasteiger partial charge in [-0.05, 0) is 38.0 Å². The number of guanidine groups is 1. The number of methoxy groups -OCH3 is 4. The van der Waals surface area contributed by atoms with Crippen LogP contribution >= 0.6 is 24.0 Å². The number of hydrogen-bond donors (Lipinski definition) is 2. The summed E-state index contributed by atoms with van der Waals surface area (Å²) in [5.74, 6) is 3.09. The largest absolute Gasteiger partial charge is 0.496 e. The van der Waals surface area contributed by atoms with E-state index in [9.17, 15) is 0 Å². The lowest BCUT2D eigenvalue weighted by molar-refractivity contribution is 0.0778. The molecule has 0 saturated heterocycles. The van der Waals surface area contributed by atoms with Gasteiger partial charge in [-0.3, -0.25) is 4.99 Å². The van der Waals surface area contributed by atoms with Gasteiger partial charge in [0.1, 0.15) is 17.2 Å². The number of hydrogen-bond acceptors (Lipinski definition) is 5. The molecule has 1 aromatic carbocycles. The molecular formula is C22H38IN3O4. The monoisotopic (exact) mass is 535 g/mol. The fourth-order valence-electron chi connectivity index (χ4n) is 3.70. The van der Waals surface area contributed by atoms with Crippen LogP contribution in [0.3, 0.4) is 0 Å². The van der Waals surface area contributed by atoms with Gasteiger partial charge in [-0.25, -0.2) is 0 Å². The maximum absolute atomic E-state index is 5.54. The number of benzene rings is 1. The fourth-order valence-corrected chi connectivity index (χ4v) is 3.70. The summed E-state index contributed by atoms with van der Waals surface area (Å²) in [5, 5.41) is 6.79. The lowest BCUT2D eigenvalue weighted by Crippen LogP contribution is -2.41. The highest BCUT2D eigenvalue weighted by molar-refractivity contribution is 14.0. The summed E-state index contributed by atoms with van der Waals surface area (Å²) in [6, 6.07) is 3.76. The van der Waals surface area contributed by atoms with E-state index < -0.39 is 0 Å². The Hall–Kier alpha value is -1.42. The van der Waals surface area contributed by atoms with Crippen LogP contribution in [0.1, 0.15) is 38.2 Å². The molecule has 0 atom stereocenters. The van der Waals surface area contributed by atoms with Crippen molar-refractivity contribution in [3.05, 3.63) is 17.7 Å². The molecule has 0 bridgehead atoms. The molecule has 1 aliphatic rings. The molecule has 0 heterocycles. The molecule has 0 aliphatic heterocycles. The molecule has 1 saturated carbocycles. The van der Waals surface area contributed by atoms with Gasteiger partial charge in [0.05, 0.1) is 21.3 Å². The number of nitrogens with zero attached hydrogens (tertiary/aromatic N) is 1. The lowest BCUT2D eigenvalue weighted by Gasteiger charge is -2.40. The van der Waals surface area contributed by atoms with Crippen LogP contribution in [0.15, 0.2) is 17.1 Å². The zero-order valence-corrected chi connectivity index (χ0v) is 21.3. The summed E-state index contributed by atoms with van der Waals surface area (Å²) in [6.45, 7) is 5.26. The fraction of sp³-hybridized carbons (Fsp3) is 0.682. The van der Waals surface area contributed by atoms with Gasteiger partial charge in [0, 0.05) is 51.0 Å². The molecule has 8 heteroatoms. The minimum atomic E-state index is 0. The molecule has 1 aromatic rings. The number of ether oxygens (including phenoxy) is 4. The molecule has 2 rings (SSSR count). The Morgan fingerprint density at radius 1 is 1.03 bits per heavy atom. The Morgan fingerprint density at radius 3 is 2.17 bits per heavy atom. The van der Waals surface area contributed by atoms with Crippen molar-refractivity contribution in [2.75, 3.05) is 54.7 Å². The Balaban J connectivity index is 0.00000450. The van der Waals surface area contributed by atoms with Crippen LogP contribution in [0.4, 0.5) is 0 Å². The molecule has 1 fully saturated rings. The van der Waals surface area contributed by atoms with Crippen molar-refractivity contribution in [3.63, 3.8) is 0 Å². The Labute approximate surface area is 198 Å². The van der Waals surface area contributed by atoms with E-state index in [0.29, 0.717) is 11.2 Å². The van der Waals surface area contributed by atoms with Crippen molar-refractivity contribution in [1.82, 2.24) is 10.6 Å². The van der Waals surface area contributed by atoms with E-state index in [1.54, 1.807) is 28.4 Å². The zero-order valence-electron chi connectivity index (χ0n) is 19.0. The van der Waals surface area contributed by atoms with E-state index >= 15 is 0 Å². The van der Waals surface area contributed by atoms with Crippen LogP contribution in [0.25, 0.3) is 0 Å². The summed E-state index contributed by atoms with van der Waals surface area (Å²) in [4.78, 5) is 4.86. The van der Waals surface area contributed by atoms with Crippen molar-refractivity contribution in [2.45, 2.75) is 39.0 Å². The van der Waals surface area contributed by atoms with E-state index in [0.717, 1.165) is 62.1 Å². The molecule has 0 spiro atoms. The van der Waals surface area contributed by atoms with Gasteiger partial charge in [0.2, 0.25) is 0 Å². The topological polar surface area (TPSA) is 73.3 Å². The summed E-state index contributed by atoms with van der Waals surface area (Å²) < 4.78 is 21.7. The number of nitrogens with one attached hydrogen (secondary N) is 2. The predicted molar refractivity (Wildman–Crippen MR) is 132 cm³/mol. The summed E-state index contributed by atoms with van der Waals surface area (Å²) >= 11 is 0. The first-order valence-electron chi connectivity index (χ1n) is 10.4. The molecular weight excluding hydrogens is 497 g/mol. The maximum atomic E-state index is 5.54. The highest BCUT2D eigenvalue weighted by Gasteiger charge is 2.36. The number of halogens is 1. The first kappa shape index (κ1) is 26.6. The van der Waals surface area contributed by atoms with Crippen LogP contribution in [0.2, 0.25) is 0 Å². The van der Waals surface area contributed by atoms with Gasteiger partial charge in [0.15, 0.2) is 5.96 Å². The van der Waals surface area contributed by atoms with Crippen molar-refractivity contribution in [3.8, 4) is 17.2 Å². The molecule has 0 aromatic heterocycles. The molecule has 0 amide bonds. The van der Waals surface area contributed by atoms with Crippen molar-refractivity contribution in [2.24, 2.45) is 10.4 Å². The molecule has 2 N–H and O–H groups in total. The zero-order chi connectivity index (χ0) is 21.1. The highest BCUT2D eigenvalue weighted by atomic mass is 127. The average molecular weight is 535 g/mol. The molecule has 172 valence electrons.